The number of para-hydroxylation sites is 1. The van der Waals surface area contributed by atoms with Gasteiger partial charge in [0, 0.05) is 44.2 Å². The molecule has 4 rings (SSSR count). The van der Waals surface area contributed by atoms with Crippen LogP contribution in [0.3, 0.4) is 0 Å². The minimum atomic E-state index is 0.0692. The number of carbonyl (C=O) groups is 1. The predicted molar refractivity (Wildman–Crippen MR) is 99.3 cm³/mol. The molecule has 0 spiro atoms. The van der Waals surface area contributed by atoms with Gasteiger partial charge in [0.25, 0.3) is 11.9 Å². The first kappa shape index (κ1) is 16.6. The van der Waals surface area contributed by atoms with Crippen LogP contribution >= 0.6 is 0 Å². The number of hydrogen-bond donors (Lipinski definition) is 1. The SMILES string of the molecule is CCCc1nc(N2CCCN(C(=O)c3cccc4cc[nH]c34)CC2)no1. The number of hydrogen-bond acceptors (Lipinski definition) is 5. The highest BCUT2D eigenvalue weighted by molar-refractivity contribution is 6.05. The molecule has 1 saturated heterocycles. The van der Waals surface area contributed by atoms with E-state index < -0.39 is 0 Å². The lowest BCUT2D eigenvalue weighted by molar-refractivity contribution is 0.0769. The van der Waals surface area contributed by atoms with Crippen LogP contribution < -0.4 is 4.90 Å². The molecule has 3 aromatic rings. The zero-order valence-electron chi connectivity index (χ0n) is 14.9. The summed E-state index contributed by atoms with van der Waals surface area (Å²) in [6.07, 6.45) is 4.53. The van der Waals surface area contributed by atoms with E-state index in [2.05, 4.69) is 26.9 Å². The highest BCUT2D eigenvalue weighted by Crippen LogP contribution is 2.20. The van der Waals surface area contributed by atoms with Crippen LogP contribution in [0, 0.1) is 0 Å². The highest BCUT2D eigenvalue weighted by atomic mass is 16.5. The van der Waals surface area contributed by atoms with Crippen molar-refractivity contribution in [1.29, 1.82) is 0 Å². The normalized spacial score (nSPS) is 15.4. The van der Waals surface area contributed by atoms with Gasteiger partial charge in [-0.3, -0.25) is 4.79 Å². The molecular formula is C19H23N5O2. The summed E-state index contributed by atoms with van der Waals surface area (Å²) in [5.41, 5.74) is 1.63. The number of nitrogens with zero attached hydrogens (tertiary/aromatic N) is 4. The number of anilines is 1. The summed E-state index contributed by atoms with van der Waals surface area (Å²) < 4.78 is 5.29. The molecule has 7 nitrogen and oxygen atoms in total. The minimum absolute atomic E-state index is 0.0692. The smallest absolute Gasteiger partial charge is 0.266 e. The second-order valence-electron chi connectivity index (χ2n) is 6.62. The Bertz CT molecular complexity index is 900. The number of carbonyl (C=O) groups excluding carboxylic acids is 1. The van der Waals surface area contributed by atoms with Gasteiger partial charge in [-0.2, -0.15) is 4.98 Å². The van der Waals surface area contributed by atoms with E-state index in [4.69, 9.17) is 4.52 Å². The van der Waals surface area contributed by atoms with Gasteiger partial charge in [0.05, 0.1) is 11.1 Å². The molecule has 7 heteroatoms. The molecule has 0 radical (unpaired) electrons. The molecule has 136 valence electrons. The largest absolute Gasteiger partial charge is 0.361 e. The zero-order valence-corrected chi connectivity index (χ0v) is 14.9. The first-order valence-electron chi connectivity index (χ1n) is 9.19. The predicted octanol–water partition coefficient (Wildman–Crippen LogP) is 2.86. The standard InChI is InChI=1S/C19H23N5O2/c1-2-5-16-21-19(22-26-16)24-11-4-10-23(12-13-24)18(25)15-7-3-6-14-8-9-20-17(14)15/h3,6-9,20H,2,4-5,10-13H2,1H3. The number of aromatic nitrogens is 3. The molecule has 3 heterocycles. The Hall–Kier alpha value is -2.83. The molecule has 1 amide bonds. The van der Waals surface area contributed by atoms with E-state index in [9.17, 15) is 4.79 Å². The molecule has 1 fully saturated rings. The van der Waals surface area contributed by atoms with Gasteiger partial charge in [-0.25, -0.2) is 0 Å². The van der Waals surface area contributed by atoms with E-state index in [1.807, 2.05) is 35.4 Å². The lowest BCUT2D eigenvalue weighted by Gasteiger charge is -2.21. The highest BCUT2D eigenvalue weighted by Gasteiger charge is 2.24. The van der Waals surface area contributed by atoms with Crippen LogP contribution in [0.5, 0.6) is 0 Å². The number of benzene rings is 1. The van der Waals surface area contributed by atoms with Crippen molar-refractivity contribution in [2.75, 3.05) is 31.1 Å². The van der Waals surface area contributed by atoms with Crippen LogP contribution in [0.2, 0.25) is 0 Å². The molecule has 1 aromatic carbocycles. The van der Waals surface area contributed by atoms with Crippen molar-refractivity contribution in [3.05, 3.63) is 41.9 Å². The Balaban J connectivity index is 1.48. The summed E-state index contributed by atoms with van der Waals surface area (Å²) >= 11 is 0. The second kappa shape index (κ2) is 7.19. The summed E-state index contributed by atoms with van der Waals surface area (Å²) in [4.78, 5) is 24.7. The molecule has 0 bridgehead atoms. The molecule has 0 aliphatic carbocycles. The average Bonchev–Trinajstić information content (AvgIpc) is 3.25. The summed E-state index contributed by atoms with van der Waals surface area (Å²) in [6.45, 7) is 4.99. The maximum absolute atomic E-state index is 13.0. The molecule has 0 unspecified atom stereocenters. The Morgan fingerprint density at radius 1 is 1.23 bits per heavy atom. The van der Waals surface area contributed by atoms with Crippen molar-refractivity contribution < 1.29 is 9.32 Å². The lowest BCUT2D eigenvalue weighted by Crippen LogP contribution is -2.35. The number of nitrogens with one attached hydrogen (secondary N) is 1. The van der Waals surface area contributed by atoms with Gasteiger partial charge >= 0.3 is 0 Å². The first-order chi connectivity index (χ1) is 12.8. The third kappa shape index (κ3) is 3.16. The maximum atomic E-state index is 13.0. The zero-order chi connectivity index (χ0) is 17.9. The molecule has 0 saturated carbocycles. The van der Waals surface area contributed by atoms with Gasteiger partial charge in [0.2, 0.25) is 5.89 Å². The Morgan fingerprint density at radius 3 is 3.04 bits per heavy atom. The molecule has 1 aliphatic heterocycles. The Labute approximate surface area is 152 Å². The number of amides is 1. The molecule has 2 aromatic heterocycles. The van der Waals surface area contributed by atoms with Gasteiger partial charge in [-0.1, -0.05) is 19.1 Å². The van der Waals surface area contributed by atoms with E-state index in [0.29, 0.717) is 24.9 Å². The number of H-pyrrole nitrogens is 1. The maximum Gasteiger partial charge on any atom is 0.266 e. The van der Waals surface area contributed by atoms with Crippen molar-refractivity contribution in [2.24, 2.45) is 0 Å². The third-order valence-electron chi connectivity index (χ3n) is 4.80. The molecule has 1 N–H and O–H groups in total. The van der Waals surface area contributed by atoms with Crippen LogP contribution in [0.25, 0.3) is 10.9 Å². The summed E-state index contributed by atoms with van der Waals surface area (Å²) in [7, 11) is 0. The number of fused-ring (bicyclic) bond motifs is 1. The second-order valence-corrected chi connectivity index (χ2v) is 6.62. The van der Waals surface area contributed by atoms with Crippen LogP contribution in [-0.4, -0.2) is 52.1 Å². The fraction of sp³-hybridized carbons (Fsp3) is 0.421. The Morgan fingerprint density at radius 2 is 2.15 bits per heavy atom. The van der Waals surface area contributed by atoms with E-state index >= 15 is 0 Å². The Kier molecular flexibility index (Phi) is 4.60. The minimum Gasteiger partial charge on any atom is -0.361 e. The van der Waals surface area contributed by atoms with E-state index in [1.165, 1.54) is 0 Å². The van der Waals surface area contributed by atoms with Gasteiger partial charge in [0.15, 0.2) is 0 Å². The van der Waals surface area contributed by atoms with Crippen molar-refractivity contribution >= 4 is 22.8 Å². The van der Waals surface area contributed by atoms with E-state index in [-0.39, 0.29) is 5.91 Å². The third-order valence-corrected chi connectivity index (χ3v) is 4.80. The van der Waals surface area contributed by atoms with Crippen molar-refractivity contribution in [1.82, 2.24) is 20.0 Å². The molecule has 26 heavy (non-hydrogen) atoms. The number of aryl methyl sites for hydroxylation is 1. The summed E-state index contributed by atoms with van der Waals surface area (Å²) in [5, 5.41) is 5.15. The van der Waals surface area contributed by atoms with Gasteiger partial charge in [-0.05, 0) is 30.1 Å². The van der Waals surface area contributed by atoms with E-state index in [0.717, 1.165) is 48.8 Å². The summed E-state index contributed by atoms with van der Waals surface area (Å²) in [6, 6.07) is 7.82. The van der Waals surface area contributed by atoms with Gasteiger partial charge in [0.1, 0.15) is 0 Å². The van der Waals surface area contributed by atoms with Crippen LogP contribution in [0.1, 0.15) is 36.0 Å². The fourth-order valence-electron chi connectivity index (χ4n) is 3.44. The monoisotopic (exact) mass is 353 g/mol. The van der Waals surface area contributed by atoms with Crippen molar-refractivity contribution in [3.63, 3.8) is 0 Å². The summed E-state index contributed by atoms with van der Waals surface area (Å²) in [5.74, 6) is 1.38. The first-order valence-corrected chi connectivity index (χ1v) is 9.19. The lowest BCUT2D eigenvalue weighted by atomic mass is 10.1. The van der Waals surface area contributed by atoms with Crippen LogP contribution in [0.4, 0.5) is 5.95 Å². The van der Waals surface area contributed by atoms with Crippen LogP contribution in [0.15, 0.2) is 35.0 Å². The molecule has 1 aliphatic rings. The van der Waals surface area contributed by atoms with Crippen molar-refractivity contribution in [3.8, 4) is 0 Å². The molecule has 0 atom stereocenters. The fourth-order valence-corrected chi connectivity index (χ4v) is 3.44. The number of rotatable bonds is 4. The van der Waals surface area contributed by atoms with Gasteiger partial charge in [-0.15, -0.1) is 0 Å². The van der Waals surface area contributed by atoms with Crippen molar-refractivity contribution in [2.45, 2.75) is 26.2 Å². The van der Waals surface area contributed by atoms with E-state index in [1.54, 1.807) is 0 Å². The van der Waals surface area contributed by atoms with Crippen LogP contribution in [-0.2, 0) is 6.42 Å². The number of aromatic amines is 1. The quantitative estimate of drug-likeness (QED) is 0.780. The topological polar surface area (TPSA) is 78.3 Å². The molecular weight excluding hydrogens is 330 g/mol. The average molecular weight is 353 g/mol. The van der Waals surface area contributed by atoms with Gasteiger partial charge < -0.3 is 19.3 Å².